The van der Waals surface area contributed by atoms with E-state index in [0.717, 1.165) is 12.8 Å². The first kappa shape index (κ1) is 25.0. The maximum absolute atomic E-state index is 11.5. The summed E-state index contributed by atoms with van der Waals surface area (Å²) >= 11 is 0.611. The Morgan fingerprint density at radius 2 is 1.90 bits per heavy atom. The van der Waals surface area contributed by atoms with E-state index >= 15 is 0 Å². The molecule has 0 spiro atoms. The van der Waals surface area contributed by atoms with Crippen molar-refractivity contribution in [2.45, 2.75) is 36.5 Å². The second kappa shape index (κ2) is 11.4. The van der Waals surface area contributed by atoms with Gasteiger partial charge in [0.25, 0.3) is 10.1 Å². The van der Waals surface area contributed by atoms with Crippen LogP contribution in [0.5, 0.6) is 0 Å². The van der Waals surface area contributed by atoms with Gasteiger partial charge >= 0.3 is 0 Å². The minimum absolute atomic E-state index is 0.129. The van der Waals surface area contributed by atoms with Crippen LogP contribution in [0.3, 0.4) is 0 Å². The molecule has 1 aromatic heterocycles. The van der Waals surface area contributed by atoms with Gasteiger partial charge in [-0.05, 0) is 37.0 Å². The Kier molecular flexibility index (Phi) is 9.21. The summed E-state index contributed by atoms with van der Waals surface area (Å²) in [5, 5.41) is 18.1. The Bertz CT molecular complexity index is 974. The van der Waals surface area contributed by atoms with Crippen LogP contribution in [0.2, 0.25) is 0 Å². The number of anilines is 4. The summed E-state index contributed by atoms with van der Waals surface area (Å²) in [5.41, 5.74) is 0.193. The molecule has 0 aliphatic carbocycles. The third kappa shape index (κ3) is 8.08. The summed E-state index contributed by atoms with van der Waals surface area (Å²) in [6, 6.07) is 3.70. The van der Waals surface area contributed by atoms with Gasteiger partial charge < -0.3 is 15.5 Å². The number of hydrogen-bond donors (Lipinski definition) is 4. The average molecular weight is 475 g/mol. The van der Waals surface area contributed by atoms with E-state index in [2.05, 4.69) is 48.8 Å². The summed E-state index contributed by atoms with van der Waals surface area (Å²) < 4.78 is 36.8. The highest BCUT2D eigenvalue weighted by molar-refractivity contribution is 7.94. The molecule has 0 aliphatic rings. The van der Waals surface area contributed by atoms with Gasteiger partial charge in [0.15, 0.2) is 0 Å². The first-order chi connectivity index (χ1) is 14.6. The van der Waals surface area contributed by atoms with Crippen molar-refractivity contribution < 1.29 is 27.6 Å². The van der Waals surface area contributed by atoms with Crippen LogP contribution in [-0.2, 0) is 19.5 Å². The summed E-state index contributed by atoms with van der Waals surface area (Å²) in [5.74, 6) is 1.44. The van der Waals surface area contributed by atoms with Crippen molar-refractivity contribution in [3.05, 3.63) is 18.2 Å². The van der Waals surface area contributed by atoms with Crippen LogP contribution in [0, 0.1) is 5.92 Å². The maximum atomic E-state index is 11.5. The van der Waals surface area contributed by atoms with Gasteiger partial charge in [0.1, 0.15) is 0 Å². The molecule has 14 heteroatoms. The van der Waals surface area contributed by atoms with Gasteiger partial charge in [0.2, 0.25) is 17.8 Å². The standard InChI is InChI=1S/C17H26N6O6S2/c1-11(2)6-5-9-18-15-20-16(22-17(21-15)23(3)4)19-13-10-12(31(25,26)27)7-8-14(13)30-29-28-24/h7-8,10-11,24H,5-6,9H2,1-4H3,(H,25,26,27)(H2,18,19,20,21,22). The quantitative estimate of drug-likeness (QED) is 0.117. The van der Waals surface area contributed by atoms with Crippen LogP contribution < -0.4 is 15.5 Å². The third-order valence-electron chi connectivity index (χ3n) is 3.91. The number of benzene rings is 1. The lowest BCUT2D eigenvalue weighted by Crippen LogP contribution is -2.17. The predicted octanol–water partition coefficient (Wildman–Crippen LogP) is 3.20. The number of nitrogens with zero attached hydrogens (tertiary/aromatic N) is 4. The lowest BCUT2D eigenvalue weighted by Gasteiger charge is -2.15. The number of rotatable bonds is 12. The zero-order valence-corrected chi connectivity index (χ0v) is 19.2. The molecule has 0 aliphatic heterocycles. The first-order valence-corrected chi connectivity index (χ1v) is 11.5. The highest BCUT2D eigenvalue weighted by atomic mass is 32.2. The Labute approximate surface area is 185 Å². The average Bonchev–Trinajstić information content (AvgIpc) is 2.69. The first-order valence-electron chi connectivity index (χ1n) is 9.30. The molecule has 4 N–H and O–H groups in total. The van der Waals surface area contributed by atoms with Crippen LogP contribution in [0.1, 0.15) is 26.7 Å². The summed E-state index contributed by atoms with van der Waals surface area (Å²) in [7, 11) is -0.907. The number of nitrogens with one attached hydrogen (secondary N) is 2. The van der Waals surface area contributed by atoms with Crippen molar-refractivity contribution in [3.63, 3.8) is 0 Å². The van der Waals surface area contributed by atoms with Gasteiger partial charge in [-0.2, -0.15) is 23.4 Å². The van der Waals surface area contributed by atoms with Gasteiger partial charge in [-0.15, -0.1) is 4.33 Å². The Hall–Kier alpha value is -2.23. The van der Waals surface area contributed by atoms with Crippen molar-refractivity contribution in [2.24, 2.45) is 5.92 Å². The van der Waals surface area contributed by atoms with Gasteiger partial charge in [-0.25, -0.2) is 5.26 Å². The molecule has 31 heavy (non-hydrogen) atoms. The maximum Gasteiger partial charge on any atom is 0.294 e. The van der Waals surface area contributed by atoms with Crippen LogP contribution in [0.4, 0.5) is 23.5 Å². The lowest BCUT2D eigenvalue weighted by atomic mass is 10.1. The molecule has 172 valence electrons. The van der Waals surface area contributed by atoms with Crippen molar-refractivity contribution in [1.29, 1.82) is 0 Å². The Morgan fingerprint density at radius 1 is 1.19 bits per heavy atom. The molecule has 12 nitrogen and oxygen atoms in total. The highest BCUT2D eigenvalue weighted by Crippen LogP contribution is 2.32. The molecular formula is C17H26N6O6S2. The van der Waals surface area contributed by atoms with Crippen LogP contribution in [0.15, 0.2) is 28.0 Å². The second-order valence-corrected chi connectivity index (χ2v) is 9.29. The molecule has 1 heterocycles. The van der Waals surface area contributed by atoms with E-state index in [1.807, 2.05) is 0 Å². The fourth-order valence-electron chi connectivity index (χ4n) is 2.42. The van der Waals surface area contributed by atoms with Crippen LogP contribution in [-0.4, -0.2) is 53.8 Å². The van der Waals surface area contributed by atoms with Crippen molar-refractivity contribution in [2.75, 3.05) is 36.2 Å². The predicted molar refractivity (Wildman–Crippen MR) is 117 cm³/mol. The molecule has 0 radical (unpaired) electrons. The van der Waals surface area contributed by atoms with Crippen molar-refractivity contribution in [1.82, 2.24) is 15.0 Å². The SMILES string of the molecule is CC(C)CCCNc1nc(Nc2cc(S(=O)(=O)O)ccc2SOOO)nc(N(C)C)n1. The van der Waals surface area contributed by atoms with E-state index in [4.69, 9.17) is 5.26 Å². The monoisotopic (exact) mass is 474 g/mol. The molecule has 0 saturated carbocycles. The summed E-state index contributed by atoms with van der Waals surface area (Å²) in [6.45, 7) is 4.98. The smallest absolute Gasteiger partial charge is 0.294 e. The van der Waals surface area contributed by atoms with Gasteiger partial charge in [0.05, 0.1) is 27.5 Å². The number of hydrogen-bond acceptors (Lipinski definition) is 12. The Morgan fingerprint density at radius 3 is 2.52 bits per heavy atom. The topological polar surface area (TPSA) is 159 Å². The molecular weight excluding hydrogens is 448 g/mol. The highest BCUT2D eigenvalue weighted by Gasteiger charge is 2.16. The molecule has 2 aromatic rings. The molecule has 0 saturated heterocycles. The molecule has 0 atom stereocenters. The minimum Gasteiger partial charge on any atom is -0.354 e. The van der Waals surface area contributed by atoms with Crippen molar-refractivity contribution in [3.8, 4) is 0 Å². The van der Waals surface area contributed by atoms with E-state index < -0.39 is 10.1 Å². The second-order valence-electron chi connectivity index (χ2n) is 7.12. The molecule has 0 fully saturated rings. The zero-order chi connectivity index (χ0) is 23.0. The van der Waals surface area contributed by atoms with Gasteiger partial charge in [0, 0.05) is 20.6 Å². The van der Waals surface area contributed by atoms with Gasteiger partial charge in [-0.1, -0.05) is 18.9 Å². The fraction of sp³-hybridized carbons (Fsp3) is 0.471. The summed E-state index contributed by atoms with van der Waals surface area (Å²) in [6.07, 6.45) is 2.00. The van der Waals surface area contributed by atoms with Crippen LogP contribution >= 0.6 is 12.0 Å². The van der Waals surface area contributed by atoms with E-state index in [9.17, 15) is 13.0 Å². The summed E-state index contributed by atoms with van der Waals surface area (Å²) in [4.78, 5) is 14.7. The number of aromatic nitrogens is 3. The molecule has 0 unspecified atom stereocenters. The minimum atomic E-state index is -4.45. The lowest BCUT2D eigenvalue weighted by molar-refractivity contribution is -0.432. The van der Waals surface area contributed by atoms with Gasteiger partial charge in [-0.3, -0.25) is 4.55 Å². The fourth-order valence-corrected chi connectivity index (χ4v) is 3.36. The van der Waals surface area contributed by atoms with Crippen LogP contribution in [0.25, 0.3) is 0 Å². The van der Waals surface area contributed by atoms with E-state index in [-0.39, 0.29) is 16.5 Å². The molecule has 0 bridgehead atoms. The van der Waals surface area contributed by atoms with E-state index in [1.54, 1.807) is 19.0 Å². The molecule has 1 aromatic carbocycles. The van der Waals surface area contributed by atoms with E-state index in [1.165, 1.54) is 18.2 Å². The normalized spacial score (nSPS) is 11.6. The van der Waals surface area contributed by atoms with E-state index in [0.29, 0.717) is 41.3 Å². The third-order valence-corrected chi connectivity index (χ3v) is 5.43. The van der Waals surface area contributed by atoms with Crippen molar-refractivity contribution >= 4 is 45.7 Å². The zero-order valence-electron chi connectivity index (χ0n) is 17.6. The molecule has 0 amide bonds. The Balaban J connectivity index is 2.34. The largest absolute Gasteiger partial charge is 0.354 e. The molecule has 2 rings (SSSR count).